The maximum absolute atomic E-state index is 11.6. The van der Waals surface area contributed by atoms with E-state index in [1.807, 2.05) is 0 Å². The first-order valence-electron chi connectivity index (χ1n) is 4.76. The lowest BCUT2D eigenvalue weighted by Crippen LogP contribution is -2.30. The number of rotatable bonds is 2. The van der Waals surface area contributed by atoms with Crippen LogP contribution in [0.2, 0.25) is 0 Å². The SMILES string of the molecule is COC(=O)C1=NN(c2ccccc2)C(=O)C1=O. The standard InChI is InChI=1S/C11H8N2O4/c1-17-11(16)8-9(14)10(15)13(12-8)7-5-3-2-4-6-7/h2-6H,1H3. The van der Waals surface area contributed by atoms with E-state index in [2.05, 4.69) is 9.84 Å². The normalized spacial score (nSPS) is 14.9. The Balaban J connectivity index is 2.38. The van der Waals surface area contributed by atoms with Gasteiger partial charge in [0.15, 0.2) is 0 Å². The van der Waals surface area contributed by atoms with E-state index in [4.69, 9.17) is 0 Å². The topological polar surface area (TPSA) is 76.0 Å². The number of methoxy groups -OCH3 is 1. The molecule has 1 aliphatic rings. The van der Waals surface area contributed by atoms with Gasteiger partial charge < -0.3 is 4.74 Å². The Morgan fingerprint density at radius 2 is 1.88 bits per heavy atom. The second kappa shape index (κ2) is 4.17. The number of nitrogens with zero attached hydrogens (tertiary/aromatic N) is 2. The highest BCUT2D eigenvalue weighted by molar-refractivity contribution is 6.81. The molecule has 1 heterocycles. The highest BCUT2D eigenvalue weighted by Gasteiger charge is 2.39. The van der Waals surface area contributed by atoms with E-state index in [9.17, 15) is 14.4 Å². The van der Waals surface area contributed by atoms with Crippen molar-refractivity contribution in [2.24, 2.45) is 5.10 Å². The van der Waals surface area contributed by atoms with Crippen molar-refractivity contribution >= 4 is 29.1 Å². The third kappa shape index (κ3) is 1.80. The summed E-state index contributed by atoms with van der Waals surface area (Å²) in [4.78, 5) is 34.3. The molecule has 6 nitrogen and oxygen atoms in total. The molecule has 17 heavy (non-hydrogen) atoms. The molecule has 0 aromatic heterocycles. The zero-order chi connectivity index (χ0) is 12.4. The molecule has 86 valence electrons. The van der Waals surface area contributed by atoms with Crippen LogP contribution in [0.15, 0.2) is 35.4 Å². The van der Waals surface area contributed by atoms with Gasteiger partial charge in [-0.25, -0.2) is 4.79 Å². The first kappa shape index (κ1) is 11.0. The van der Waals surface area contributed by atoms with Gasteiger partial charge >= 0.3 is 11.9 Å². The molecular formula is C11H8N2O4. The molecule has 0 fully saturated rings. The first-order valence-corrected chi connectivity index (χ1v) is 4.76. The number of hydrazone groups is 1. The van der Waals surface area contributed by atoms with Crippen LogP contribution in [0.1, 0.15) is 0 Å². The number of hydrogen-bond acceptors (Lipinski definition) is 5. The molecule has 0 unspecified atom stereocenters. The quantitative estimate of drug-likeness (QED) is 0.536. The van der Waals surface area contributed by atoms with Crippen molar-refractivity contribution in [3.8, 4) is 0 Å². The van der Waals surface area contributed by atoms with Crippen LogP contribution in [0.3, 0.4) is 0 Å². The summed E-state index contributed by atoms with van der Waals surface area (Å²) in [6, 6.07) is 8.36. The Bertz CT molecular complexity index is 522. The van der Waals surface area contributed by atoms with Crippen LogP contribution >= 0.6 is 0 Å². The second-order valence-electron chi connectivity index (χ2n) is 3.22. The number of hydrogen-bond donors (Lipinski definition) is 0. The fraction of sp³-hybridized carbons (Fsp3) is 0.0909. The molecule has 0 radical (unpaired) electrons. The number of carbonyl (C=O) groups excluding carboxylic acids is 3. The molecular weight excluding hydrogens is 224 g/mol. The van der Waals surface area contributed by atoms with Gasteiger partial charge in [0.1, 0.15) is 0 Å². The molecule has 1 aromatic carbocycles. The van der Waals surface area contributed by atoms with Gasteiger partial charge in [0.05, 0.1) is 12.8 Å². The van der Waals surface area contributed by atoms with Crippen LogP contribution in [-0.2, 0) is 19.1 Å². The Labute approximate surface area is 96.5 Å². The number of anilines is 1. The van der Waals surface area contributed by atoms with E-state index in [0.29, 0.717) is 5.69 Å². The first-order chi connectivity index (χ1) is 8.15. The second-order valence-corrected chi connectivity index (χ2v) is 3.22. The van der Waals surface area contributed by atoms with Crippen LogP contribution in [0.25, 0.3) is 0 Å². The maximum atomic E-state index is 11.6. The molecule has 0 spiro atoms. The molecule has 0 saturated heterocycles. The minimum atomic E-state index is -0.958. The highest BCUT2D eigenvalue weighted by atomic mass is 16.5. The molecule has 1 aliphatic heterocycles. The van der Waals surface area contributed by atoms with E-state index in [1.165, 1.54) is 0 Å². The van der Waals surface area contributed by atoms with Crippen LogP contribution < -0.4 is 5.01 Å². The summed E-state index contributed by atoms with van der Waals surface area (Å²) in [7, 11) is 1.12. The number of amides is 1. The van der Waals surface area contributed by atoms with Gasteiger partial charge in [-0.2, -0.15) is 10.1 Å². The highest BCUT2D eigenvalue weighted by Crippen LogP contribution is 2.18. The number of carbonyl (C=O) groups is 3. The van der Waals surface area contributed by atoms with Gasteiger partial charge in [-0.15, -0.1) is 0 Å². The van der Waals surface area contributed by atoms with Crippen molar-refractivity contribution in [1.82, 2.24) is 0 Å². The lowest BCUT2D eigenvalue weighted by Gasteiger charge is -2.09. The predicted molar refractivity (Wildman–Crippen MR) is 58.4 cm³/mol. The van der Waals surface area contributed by atoms with E-state index >= 15 is 0 Å². The number of esters is 1. The Morgan fingerprint density at radius 3 is 2.47 bits per heavy atom. The fourth-order valence-corrected chi connectivity index (χ4v) is 1.36. The van der Waals surface area contributed by atoms with E-state index in [0.717, 1.165) is 12.1 Å². The van der Waals surface area contributed by atoms with Crippen molar-refractivity contribution in [3.63, 3.8) is 0 Å². The monoisotopic (exact) mass is 232 g/mol. The molecule has 1 aromatic rings. The summed E-state index contributed by atoms with van der Waals surface area (Å²) in [5.74, 6) is -2.74. The smallest absolute Gasteiger partial charge is 0.362 e. The van der Waals surface area contributed by atoms with Gasteiger partial charge in [0.25, 0.3) is 5.78 Å². The van der Waals surface area contributed by atoms with E-state index in [-0.39, 0.29) is 0 Å². The minimum absolute atomic E-state index is 0.421. The van der Waals surface area contributed by atoms with Gasteiger partial charge in [0, 0.05) is 0 Å². The summed E-state index contributed by atoms with van der Waals surface area (Å²) in [5.41, 5.74) is -0.0777. The number of para-hydroxylation sites is 1. The third-order valence-electron chi connectivity index (χ3n) is 2.18. The average molecular weight is 232 g/mol. The number of ketones is 1. The molecule has 0 bridgehead atoms. The van der Waals surface area contributed by atoms with Crippen molar-refractivity contribution < 1.29 is 19.1 Å². The molecule has 0 saturated carbocycles. The predicted octanol–water partition coefficient (Wildman–Crippen LogP) is 0.131. The largest absolute Gasteiger partial charge is 0.464 e. The molecule has 6 heteroatoms. The van der Waals surface area contributed by atoms with Gasteiger partial charge in [-0.1, -0.05) is 18.2 Å². The molecule has 2 rings (SSSR count). The number of ether oxygens (including phenoxy) is 1. The third-order valence-corrected chi connectivity index (χ3v) is 2.18. The summed E-state index contributed by atoms with van der Waals surface area (Å²) in [6.07, 6.45) is 0. The van der Waals surface area contributed by atoms with Crippen molar-refractivity contribution in [2.45, 2.75) is 0 Å². The maximum Gasteiger partial charge on any atom is 0.362 e. The number of Topliss-reactive ketones (excluding diaryl/α,β-unsaturated/α-hetero) is 1. The lowest BCUT2D eigenvalue weighted by atomic mass is 10.2. The van der Waals surface area contributed by atoms with Crippen molar-refractivity contribution in [1.29, 1.82) is 0 Å². The zero-order valence-corrected chi connectivity index (χ0v) is 8.91. The van der Waals surface area contributed by atoms with Crippen molar-refractivity contribution in [3.05, 3.63) is 30.3 Å². The van der Waals surface area contributed by atoms with E-state index in [1.54, 1.807) is 30.3 Å². The summed E-state index contributed by atoms with van der Waals surface area (Å²) >= 11 is 0. The number of benzene rings is 1. The minimum Gasteiger partial charge on any atom is -0.464 e. The Kier molecular flexibility index (Phi) is 2.70. The fourth-order valence-electron chi connectivity index (χ4n) is 1.36. The zero-order valence-electron chi connectivity index (χ0n) is 8.91. The average Bonchev–Trinajstić information content (AvgIpc) is 2.67. The van der Waals surface area contributed by atoms with Crippen LogP contribution in [0.5, 0.6) is 0 Å². The summed E-state index contributed by atoms with van der Waals surface area (Å²) in [6.45, 7) is 0. The summed E-state index contributed by atoms with van der Waals surface area (Å²) < 4.78 is 4.37. The van der Waals surface area contributed by atoms with Gasteiger partial charge in [-0.05, 0) is 12.1 Å². The van der Waals surface area contributed by atoms with Crippen LogP contribution in [-0.4, -0.2) is 30.5 Å². The van der Waals surface area contributed by atoms with Gasteiger partial charge in [0.2, 0.25) is 5.71 Å². The molecule has 0 atom stereocenters. The lowest BCUT2D eigenvalue weighted by molar-refractivity contribution is -0.135. The molecule has 0 aliphatic carbocycles. The summed E-state index contributed by atoms with van der Waals surface area (Å²) in [5, 5.41) is 4.55. The van der Waals surface area contributed by atoms with Crippen LogP contribution in [0, 0.1) is 0 Å². The van der Waals surface area contributed by atoms with E-state index < -0.39 is 23.4 Å². The molecule has 1 amide bonds. The molecule has 0 N–H and O–H groups in total. The Hall–Kier alpha value is -2.50. The van der Waals surface area contributed by atoms with Crippen LogP contribution in [0.4, 0.5) is 5.69 Å². The van der Waals surface area contributed by atoms with Crippen molar-refractivity contribution in [2.75, 3.05) is 12.1 Å². The van der Waals surface area contributed by atoms with Gasteiger partial charge in [-0.3, -0.25) is 9.59 Å². The Morgan fingerprint density at radius 1 is 1.24 bits per heavy atom.